The molecule has 2 fully saturated rings. The summed E-state index contributed by atoms with van der Waals surface area (Å²) in [6.07, 6.45) is 5.08. The standard InChI is InChI=1S/C24H38N4O3/c1-3-31-22-8-5-4-7-21(22)23(29)28-17-11-20(12-18-28)26-24(30)25-13-6-14-27-15-9-19(2)10-16-27/h4-5,7-8,19-20H,3,6,9-18H2,1-2H3,(H2,25,26,30). The van der Waals surface area contributed by atoms with Crippen LogP contribution in [0.5, 0.6) is 5.75 Å². The quantitative estimate of drug-likeness (QED) is 0.622. The van der Waals surface area contributed by atoms with E-state index in [-0.39, 0.29) is 18.0 Å². The van der Waals surface area contributed by atoms with Crippen molar-refractivity contribution in [3.63, 3.8) is 0 Å². The largest absolute Gasteiger partial charge is 0.493 e. The summed E-state index contributed by atoms with van der Waals surface area (Å²) in [5.41, 5.74) is 0.608. The van der Waals surface area contributed by atoms with Crippen molar-refractivity contribution in [3.8, 4) is 5.75 Å². The van der Waals surface area contributed by atoms with Crippen molar-refractivity contribution in [2.45, 2.75) is 52.0 Å². The van der Waals surface area contributed by atoms with Crippen molar-refractivity contribution >= 4 is 11.9 Å². The molecule has 0 aliphatic carbocycles. The van der Waals surface area contributed by atoms with Crippen LogP contribution in [0.1, 0.15) is 56.3 Å². The Morgan fingerprint density at radius 1 is 1.06 bits per heavy atom. The second kappa shape index (κ2) is 11.9. The monoisotopic (exact) mass is 430 g/mol. The third-order valence-electron chi connectivity index (χ3n) is 6.35. The lowest BCUT2D eigenvalue weighted by molar-refractivity contribution is 0.0704. The van der Waals surface area contributed by atoms with Crippen LogP contribution in [-0.2, 0) is 0 Å². The minimum Gasteiger partial charge on any atom is -0.493 e. The predicted molar refractivity (Wildman–Crippen MR) is 123 cm³/mol. The van der Waals surface area contributed by atoms with Gasteiger partial charge in [-0.25, -0.2) is 4.79 Å². The zero-order valence-corrected chi connectivity index (χ0v) is 19.1. The molecule has 0 spiro atoms. The first-order valence-corrected chi connectivity index (χ1v) is 11.8. The average Bonchev–Trinajstić information content (AvgIpc) is 2.79. The molecule has 2 heterocycles. The van der Waals surface area contributed by atoms with Crippen molar-refractivity contribution in [1.82, 2.24) is 20.4 Å². The molecule has 1 aromatic rings. The van der Waals surface area contributed by atoms with E-state index < -0.39 is 0 Å². The molecule has 31 heavy (non-hydrogen) atoms. The minimum absolute atomic E-state index is 0.000872. The first-order valence-electron chi connectivity index (χ1n) is 11.8. The molecule has 2 saturated heterocycles. The Morgan fingerprint density at radius 3 is 2.48 bits per heavy atom. The normalized spacial score (nSPS) is 18.6. The Kier molecular flexibility index (Phi) is 9.00. The highest BCUT2D eigenvalue weighted by Gasteiger charge is 2.26. The highest BCUT2D eigenvalue weighted by atomic mass is 16.5. The van der Waals surface area contributed by atoms with Gasteiger partial charge in [-0.15, -0.1) is 0 Å². The van der Waals surface area contributed by atoms with Crippen LogP contribution in [0.4, 0.5) is 4.79 Å². The van der Waals surface area contributed by atoms with E-state index in [0.717, 1.165) is 31.7 Å². The van der Waals surface area contributed by atoms with Crippen LogP contribution in [-0.4, -0.2) is 73.7 Å². The molecule has 0 atom stereocenters. The molecule has 2 aliphatic rings. The summed E-state index contributed by atoms with van der Waals surface area (Å²) in [5, 5.41) is 6.05. The predicted octanol–water partition coefficient (Wildman–Crippen LogP) is 3.11. The lowest BCUT2D eigenvalue weighted by Gasteiger charge is -2.33. The second-order valence-electron chi connectivity index (χ2n) is 8.77. The molecule has 172 valence electrons. The number of urea groups is 1. The van der Waals surface area contributed by atoms with Gasteiger partial charge in [0.1, 0.15) is 5.75 Å². The minimum atomic E-state index is -0.0984. The van der Waals surface area contributed by atoms with Gasteiger partial charge in [-0.05, 0) is 76.7 Å². The van der Waals surface area contributed by atoms with Gasteiger partial charge < -0.3 is 25.2 Å². The number of rotatable bonds is 8. The van der Waals surface area contributed by atoms with E-state index in [1.165, 1.54) is 25.9 Å². The van der Waals surface area contributed by atoms with Crippen LogP contribution in [0, 0.1) is 5.92 Å². The van der Waals surface area contributed by atoms with E-state index in [1.807, 2.05) is 36.1 Å². The highest BCUT2D eigenvalue weighted by molar-refractivity contribution is 5.97. The van der Waals surface area contributed by atoms with Gasteiger partial charge in [0.05, 0.1) is 12.2 Å². The summed E-state index contributed by atoms with van der Waals surface area (Å²) in [5.74, 6) is 1.48. The molecule has 2 N–H and O–H groups in total. The molecular formula is C24H38N4O3. The number of benzene rings is 1. The van der Waals surface area contributed by atoms with Gasteiger partial charge in [0, 0.05) is 25.7 Å². The second-order valence-corrected chi connectivity index (χ2v) is 8.77. The smallest absolute Gasteiger partial charge is 0.315 e. The number of para-hydroxylation sites is 1. The third kappa shape index (κ3) is 7.13. The van der Waals surface area contributed by atoms with E-state index in [2.05, 4.69) is 22.5 Å². The van der Waals surface area contributed by atoms with E-state index >= 15 is 0 Å². The number of carbonyl (C=O) groups excluding carboxylic acids is 2. The van der Waals surface area contributed by atoms with Crippen molar-refractivity contribution in [2.75, 3.05) is 45.9 Å². The number of carbonyl (C=O) groups is 2. The SMILES string of the molecule is CCOc1ccccc1C(=O)N1CCC(NC(=O)NCCCN2CCC(C)CC2)CC1. The van der Waals surface area contributed by atoms with E-state index in [4.69, 9.17) is 4.74 Å². The van der Waals surface area contributed by atoms with Crippen molar-refractivity contribution < 1.29 is 14.3 Å². The Hall–Kier alpha value is -2.28. The van der Waals surface area contributed by atoms with E-state index in [1.54, 1.807) is 0 Å². The van der Waals surface area contributed by atoms with Crippen LogP contribution in [0.3, 0.4) is 0 Å². The number of hydrogen-bond donors (Lipinski definition) is 2. The number of hydrogen-bond acceptors (Lipinski definition) is 4. The van der Waals surface area contributed by atoms with Gasteiger partial charge in [-0.3, -0.25) is 4.79 Å². The molecule has 0 bridgehead atoms. The first kappa shape index (κ1) is 23.4. The number of piperidine rings is 2. The Balaban J connectivity index is 1.33. The van der Waals surface area contributed by atoms with Crippen molar-refractivity contribution in [1.29, 1.82) is 0 Å². The van der Waals surface area contributed by atoms with Gasteiger partial charge in [0.2, 0.25) is 0 Å². The van der Waals surface area contributed by atoms with Crippen LogP contribution in [0.25, 0.3) is 0 Å². The Labute approximate surface area is 186 Å². The summed E-state index contributed by atoms with van der Waals surface area (Å²) in [4.78, 5) is 29.5. The fraction of sp³-hybridized carbons (Fsp3) is 0.667. The molecule has 0 unspecified atom stereocenters. The molecular weight excluding hydrogens is 392 g/mol. The summed E-state index contributed by atoms with van der Waals surface area (Å²) < 4.78 is 5.60. The van der Waals surface area contributed by atoms with Crippen LogP contribution >= 0.6 is 0 Å². The molecule has 0 radical (unpaired) electrons. The Morgan fingerprint density at radius 2 is 1.77 bits per heavy atom. The van der Waals surface area contributed by atoms with Gasteiger partial charge >= 0.3 is 6.03 Å². The zero-order chi connectivity index (χ0) is 22.1. The molecule has 7 heteroatoms. The number of likely N-dealkylation sites (tertiary alicyclic amines) is 2. The Bertz CT molecular complexity index is 711. The van der Waals surface area contributed by atoms with Crippen LogP contribution < -0.4 is 15.4 Å². The molecule has 0 saturated carbocycles. The summed E-state index contributed by atoms with van der Waals surface area (Å²) in [6, 6.07) is 7.40. The van der Waals surface area contributed by atoms with Crippen molar-refractivity contribution in [3.05, 3.63) is 29.8 Å². The lowest BCUT2D eigenvalue weighted by atomic mass is 9.99. The molecule has 7 nitrogen and oxygen atoms in total. The topological polar surface area (TPSA) is 73.9 Å². The number of nitrogens with one attached hydrogen (secondary N) is 2. The fourth-order valence-corrected chi connectivity index (χ4v) is 4.35. The molecule has 3 amide bonds. The fourth-order valence-electron chi connectivity index (χ4n) is 4.35. The molecule has 1 aromatic carbocycles. The summed E-state index contributed by atoms with van der Waals surface area (Å²) >= 11 is 0. The maximum Gasteiger partial charge on any atom is 0.315 e. The maximum atomic E-state index is 12.9. The summed E-state index contributed by atoms with van der Waals surface area (Å²) in [7, 11) is 0. The van der Waals surface area contributed by atoms with Gasteiger partial charge in [0.15, 0.2) is 0 Å². The zero-order valence-electron chi connectivity index (χ0n) is 19.1. The third-order valence-corrected chi connectivity index (χ3v) is 6.35. The lowest BCUT2D eigenvalue weighted by Crippen LogP contribution is -2.49. The molecule has 0 aromatic heterocycles. The van der Waals surface area contributed by atoms with Gasteiger partial charge in [0.25, 0.3) is 5.91 Å². The van der Waals surface area contributed by atoms with Gasteiger partial charge in [-0.2, -0.15) is 0 Å². The van der Waals surface area contributed by atoms with E-state index in [9.17, 15) is 9.59 Å². The first-order chi connectivity index (χ1) is 15.1. The van der Waals surface area contributed by atoms with Crippen LogP contribution in [0.2, 0.25) is 0 Å². The highest BCUT2D eigenvalue weighted by Crippen LogP contribution is 2.22. The average molecular weight is 431 g/mol. The van der Waals surface area contributed by atoms with E-state index in [0.29, 0.717) is 37.6 Å². The summed E-state index contributed by atoms with van der Waals surface area (Å²) in [6.45, 7) is 10.2. The number of amides is 3. The van der Waals surface area contributed by atoms with Gasteiger partial charge in [-0.1, -0.05) is 19.1 Å². The number of nitrogens with zero attached hydrogens (tertiary/aromatic N) is 2. The van der Waals surface area contributed by atoms with Crippen LogP contribution in [0.15, 0.2) is 24.3 Å². The van der Waals surface area contributed by atoms with Crippen molar-refractivity contribution in [2.24, 2.45) is 5.92 Å². The maximum absolute atomic E-state index is 12.9. The number of ether oxygens (including phenoxy) is 1. The molecule has 3 rings (SSSR count). The molecule has 2 aliphatic heterocycles.